The highest BCUT2D eigenvalue weighted by Crippen LogP contribution is 2.35. The van der Waals surface area contributed by atoms with Gasteiger partial charge in [0.05, 0.1) is 16.4 Å². The van der Waals surface area contributed by atoms with Gasteiger partial charge in [-0.15, -0.1) is 0 Å². The van der Waals surface area contributed by atoms with Crippen molar-refractivity contribution in [2.45, 2.75) is 20.3 Å². The first-order chi connectivity index (χ1) is 7.59. The molecule has 0 spiro atoms. The summed E-state index contributed by atoms with van der Waals surface area (Å²) in [5.41, 5.74) is 7.81. The number of hydrogen-bond acceptors (Lipinski definition) is 2. The van der Waals surface area contributed by atoms with Gasteiger partial charge in [-0.1, -0.05) is 31.5 Å². The zero-order chi connectivity index (χ0) is 11.7. The van der Waals surface area contributed by atoms with E-state index in [4.69, 9.17) is 17.3 Å². The standard InChI is InChI=1S/C13H19ClN2/c1-9-6-7-16(8-10(9)2)13-11(14)4-3-5-12(13)15/h3-5,9-10H,6-8,15H2,1-2H3. The molecule has 0 bridgehead atoms. The number of nitrogens with two attached hydrogens (primary N) is 1. The van der Waals surface area contributed by atoms with Gasteiger partial charge in [-0.05, 0) is 30.4 Å². The second kappa shape index (κ2) is 4.54. The van der Waals surface area contributed by atoms with Crippen LogP contribution in [0.15, 0.2) is 18.2 Å². The molecular weight excluding hydrogens is 220 g/mol. The molecule has 0 aliphatic carbocycles. The number of hydrogen-bond donors (Lipinski definition) is 1. The Balaban J connectivity index is 2.25. The van der Waals surface area contributed by atoms with Crippen LogP contribution in [0.25, 0.3) is 0 Å². The van der Waals surface area contributed by atoms with Gasteiger partial charge in [-0.3, -0.25) is 0 Å². The molecule has 1 aliphatic rings. The highest BCUT2D eigenvalue weighted by Gasteiger charge is 2.24. The molecule has 0 amide bonds. The molecule has 2 nitrogen and oxygen atoms in total. The minimum Gasteiger partial charge on any atom is -0.397 e. The molecule has 1 saturated heterocycles. The molecule has 16 heavy (non-hydrogen) atoms. The lowest BCUT2D eigenvalue weighted by Gasteiger charge is -2.37. The van der Waals surface area contributed by atoms with Gasteiger partial charge in [-0.2, -0.15) is 0 Å². The Bertz CT molecular complexity index is 358. The van der Waals surface area contributed by atoms with Crippen molar-refractivity contribution in [3.63, 3.8) is 0 Å². The van der Waals surface area contributed by atoms with Gasteiger partial charge in [0.2, 0.25) is 0 Å². The highest BCUT2D eigenvalue weighted by molar-refractivity contribution is 6.34. The Morgan fingerprint density at radius 3 is 2.69 bits per heavy atom. The number of nitrogens with zero attached hydrogens (tertiary/aromatic N) is 1. The number of anilines is 2. The maximum Gasteiger partial charge on any atom is 0.0789 e. The molecule has 1 heterocycles. The zero-order valence-corrected chi connectivity index (χ0v) is 10.7. The van der Waals surface area contributed by atoms with Crippen LogP contribution in [0.4, 0.5) is 11.4 Å². The number of halogens is 1. The van der Waals surface area contributed by atoms with Crippen LogP contribution in [0.2, 0.25) is 5.02 Å². The minimum absolute atomic E-state index is 0.699. The van der Waals surface area contributed by atoms with Crippen molar-refractivity contribution in [2.75, 3.05) is 23.7 Å². The topological polar surface area (TPSA) is 29.3 Å². The minimum atomic E-state index is 0.699. The monoisotopic (exact) mass is 238 g/mol. The summed E-state index contributed by atoms with van der Waals surface area (Å²) in [6.07, 6.45) is 1.21. The van der Waals surface area contributed by atoms with E-state index in [2.05, 4.69) is 18.7 Å². The van der Waals surface area contributed by atoms with Gasteiger partial charge in [0.1, 0.15) is 0 Å². The summed E-state index contributed by atoms with van der Waals surface area (Å²) < 4.78 is 0. The average Bonchev–Trinajstić information content (AvgIpc) is 2.23. The van der Waals surface area contributed by atoms with Gasteiger partial charge < -0.3 is 10.6 Å². The predicted molar refractivity (Wildman–Crippen MR) is 71.0 cm³/mol. The van der Waals surface area contributed by atoms with E-state index in [0.29, 0.717) is 5.92 Å². The zero-order valence-electron chi connectivity index (χ0n) is 9.91. The molecule has 2 atom stereocenters. The Morgan fingerprint density at radius 1 is 1.31 bits per heavy atom. The van der Waals surface area contributed by atoms with Crippen LogP contribution in [-0.2, 0) is 0 Å². The molecule has 1 fully saturated rings. The summed E-state index contributed by atoms with van der Waals surface area (Å²) in [6.45, 7) is 6.72. The molecule has 2 unspecified atom stereocenters. The molecule has 0 aromatic heterocycles. The van der Waals surface area contributed by atoms with Crippen molar-refractivity contribution >= 4 is 23.0 Å². The van der Waals surface area contributed by atoms with Gasteiger partial charge >= 0.3 is 0 Å². The molecule has 88 valence electrons. The lowest BCUT2D eigenvalue weighted by Crippen LogP contribution is -2.38. The fourth-order valence-electron chi connectivity index (χ4n) is 2.33. The number of para-hydroxylation sites is 1. The molecule has 1 aliphatic heterocycles. The second-order valence-corrected chi connectivity index (χ2v) is 5.27. The first-order valence-electron chi connectivity index (χ1n) is 5.88. The van der Waals surface area contributed by atoms with Gasteiger partial charge in [0.25, 0.3) is 0 Å². The molecule has 1 aromatic carbocycles. The van der Waals surface area contributed by atoms with Crippen LogP contribution >= 0.6 is 11.6 Å². The third kappa shape index (κ3) is 2.12. The molecule has 1 aromatic rings. The number of rotatable bonds is 1. The quantitative estimate of drug-likeness (QED) is 0.760. The molecular formula is C13H19ClN2. The average molecular weight is 239 g/mol. The van der Waals surface area contributed by atoms with Crippen LogP contribution in [0.3, 0.4) is 0 Å². The molecule has 0 radical (unpaired) electrons. The number of benzene rings is 1. The van der Waals surface area contributed by atoms with Crippen LogP contribution < -0.4 is 10.6 Å². The van der Waals surface area contributed by atoms with E-state index < -0.39 is 0 Å². The van der Waals surface area contributed by atoms with Crippen molar-refractivity contribution in [2.24, 2.45) is 11.8 Å². The van der Waals surface area contributed by atoms with Crippen molar-refractivity contribution in [3.05, 3.63) is 23.2 Å². The van der Waals surface area contributed by atoms with Crippen LogP contribution in [-0.4, -0.2) is 13.1 Å². The maximum atomic E-state index is 6.23. The fourth-order valence-corrected chi connectivity index (χ4v) is 2.63. The molecule has 3 heteroatoms. The Labute approximate surface area is 102 Å². The van der Waals surface area contributed by atoms with Crippen LogP contribution in [0, 0.1) is 11.8 Å². The van der Waals surface area contributed by atoms with E-state index in [1.807, 2.05) is 18.2 Å². The highest BCUT2D eigenvalue weighted by atomic mass is 35.5. The van der Waals surface area contributed by atoms with Crippen molar-refractivity contribution in [1.82, 2.24) is 0 Å². The largest absolute Gasteiger partial charge is 0.397 e. The molecule has 2 rings (SSSR count). The fraction of sp³-hybridized carbons (Fsp3) is 0.538. The van der Waals surface area contributed by atoms with E-state index >= 15 is 0 Å². The summed E-state index contributed by atoms with van der Waals surface area (Å²) in [5.74, 6) is 1.49. The third-order valence-electron chi connectivity index (χ3n) is 3.67. The van der Waals surface area contributed by atoms with Crippen LogP contribution in [0.5, 0.6) is 0 Å². The summed E-state index contributed by atoms with van der Waals surface area (Å²) in [6, 6.07) is 5.73. The van der Waals surface area contributed by atoms with E-state index in [1.54, 1.807) is 0 Å². The van der Waals surface area contributed by atoms with Gasteiger partial charge in [0.15, 0.2) is 0 Å². The normalized spacial score (nSPS) is 25.8. The van der Waals surface area contributed by atoms with Gasteiger partial charge in [-0.25, -0.2) is 0 Å². The Kier molecular flexibility index (Phi) is 3.29. The van der Waals surface area contributed by atoms with E-state index in [-0.39, 0.29) is 0 Å². The summed E-state index contributed by atoms with van der Waals surface area (Å²) in [4.78, 5) is 2.32. The van der Waals surface area contributed by atoms with E-state index in [1.165, 1.54) is 6.42 Å². The van der Waals surface area contributed by atoms with E-state index in [0.717, 1.165) is 35.4 Å². The first-order valence-corrected chi connectivity index (χ1v) is 6.26. The smallest absolute Gasteiger partial charge is 0.0789 e. The predicted octanol–water partition coefficient (Wildman–Crippen LogP) is 3.40. The molecule has 0 saturated carbocycles. The maximum absolute atomic E-state index is 6.23. The van der Waals surface area contributed by atoms with Gasteiger partial charge in [0, 0.05) is 13.1 Å². The third-order valence-corrected chi connectivity index (χ3v) is 3.97. The lowest BCUT2D eigenvalue weighted by atomic mass is 9.88. The summed E-state index contributed by atoms with van der Waals surface area (Å²) >= 11 is 6.23. The lowest BCUT2D eigenvalue weighted by molar-refractivity contribution is 0.324. The summed E-state index contributed by atoms with van der Waals surface area (Å²) in [7, 11) is 0. The number of nitrogen functional groups attached to an aromatic ring is 1. The SMILES string of the molecule is CC1CCN(c2c(N)cccc2Cl)CC1C. The number of piperidine rings is 1. The second-order valence-electron chi connectivity index (χ2n) is 4.87. The van der Waals surface area contributed by atoms with Crippen molar-refractivity contribution < 1.29 is 0 Å². The van der Waals surface area contributed by atoms with Crippen molar-refractivity contribution in [3.8, 4) is 0 Å². The molecule has 2 N–H and O–H groups in total. The van der Waals surface area contributed by atoms with Crippen LogP contribution in [0.1, 0.15) is 20.3 Å². The Morgan fingerprint density at radius 2 is 2.06 bits per heavy atom. The van der Waals surface area contributed by atoms with Crippen molar-refractivity contribution in [1.29, 1.82) is 0 Å². The first kappa shape index (κ1) is 11.6. The van der Waals surface area contributed by atoms with E-state index in [9.17, 15) is 0 Å². The summed E-state index contributed by atoms with van der Waals surface area (Å²) in [5, 5.41) is 0.766. The Hall–Kier alpha value is -0.890.